The van der Waals surface area contributed by atoms with Gasteiger partial charge in [0.25, 0.3) is 11.6 Å². The second-order valence-electron chi connectivity index (χ2n) is 4.23. The zero-order valence-electron chi connectivity index (χ0n) is 10.7. The lowest BCUT2D eigenvalue weighted by molar-refractivity contribution is -0.384. The van der Waals surface area contributed by atoms with Crippen LogP contribution in [-0.4, -0.2) is 10.8 Å². The fourth-order valence-corrected chi connectivity index (χ4v) is 2.20. The van der Waals surface area contributed by atoms with Gasteiger partial charge in [-0.25, -0.2) is 0 Å². The lowest BCUT2D eigenvalue weighted by Gasteiger charge is -2.07. The second kappa shape index (κ2) is 6.56. The van der Waals surface area contributed by atoms with E-state index in [2.05, 4.69) is 5.32 Å². The smallest absolute Gasteiger partial charge is 0.270 e. The number of hydrogen-bond acceptors (Lipinski definition) is 3. The molecule has 0 aromatic heterocycles. The van der Waals surface area contributed by atoms with E-state index < -0.39 is 10.8 Å². The first kappa shape index (κ1) is 15.3. The highest BCUT2D eigenvalue weighted by Gasteiger charge is 2.14. The molecule has 0 aliphatic rings. The number of rotatable bonds is 4. The number of amides is 1. The lowest BCUT2D eigenvalue weighted by atomic mass is 10.1. The van der Waals surface area contributed by atoms with Crippen molar-refractivity contribution in [1.82, 2.24) is 5.32 Å². The Morgan fingerprint density at radius 3 is 2.57 bits per heavy atom. The molecule has 0 saturated heterocycles. The van der Waals surface area contributed by atoms with Crippen molar-refractivity contribution < 1.29 is 9.72 Å². The van der Waals surface area contributed by atoms with E-state index in [1.807, 2.05) is 6.07 Å². The summed E-state index contributed by atoms with van der Waals surface area (Å²) in [6.45, 7) is 0.284. The third-order valence-electron chi connectivity index (χ3n) is 2.75. The highest BCUT2D eigenvalue weighted by atomic mass is 35.5. The Hall–Kier alpha value is -2.11. The van der Waals surface area contributed by atoms with E-state index in [1.54, 1.807) is 18.2 Å². The van der Waals surface area contributed by atoms with E-state index in [-0.39, 0.29) is 22.8 Å². The van der Waals surface area contributed by atoms with Crippen LogP contribution in [0.1, 0.15) is 15.9 Å². The number of non-ortho nitro benzene ring substituents is 1. The summed E-state index contributed by atoms with van der Waals surface area (Å²) in [7, 11) is 0. The minimum Gasteiger partial charge on any atom is -0.348 e. The Labute approximate surface area is 130 Å². The van der Waals surface area contributed by atoms with Gasteiger partial charge in [0.15, 0.2) is 0 Å². The molecule has 0 saturated carbocycles. The van der Waals surface area contributed by atoms with E-state index in [0.717, 1.165) is 11.6 Å². The summed E-state index contributed by atoms with van der Waals surface area (Å²) in [5.41, 5.74) is 0.865. The van der Waals surface area contributed by atoms with Gasteiger partial charge in [-0.05, 0) is 23.8 Å². The highest BCUT2D eigenvalue weighted by Crippen LogP contribution is 2.22. The van der Waals surface area contributed by atoms with Crippen LogP contribution in [0.3, 0.4) is 0 Å². The van der Waals surface area contributed by atoms with Crippen LogP contribution in [0.4, 0.5) is 5.69 Å². The van der Waals surface area contributed by atoms with Crippen LogP contribution in [0.25, 0.3) is 0 Å². The number of nitro benzene ring substituents is 1. The van der Waals surface area contributed by atoms with Crippen molar-refractivity contribution in [2.45, 2.75) is 6.54 Å². The van der Waals surface area contributed by atoms with Gasteiger partial charge >= 0.3 is 0 Å². The fraction of sp³-hybridized carbons (Fsp3) is 0.0714. The minimum atomic E-state index is -0.570. The van der Waals surface area contributed by atoms with Crippen molar-refractivity contribution in [3.05, 3.63) is 73.8 Å². The molecular weight excluding hydrogens is 315 g/mol. The van der Waals surface area contributed by atoms with Gasteiger partial charge in [-0.3, -0.25) is 14.9 Å². The predicted molar refractivity (Wildman–Crippen MR) is 80.7 cm³/mol. The van der Waals surface area contributed by atoms with Gasteiger partial charge in [-0.2, -0.15) is 0 Å². The Morgan fingerprint density at radius 1 is 1.19 bits per heavy atom. The summed E-state index contributed by atoms with van der Waals surface area (Å²) in [4.78, 5) is 22.0. The van der Waals surface area contributed by atoms with E-state index in [9.17, 15) is 14.9 Å². The number of halogens is 2. The Balaban J connectivity index is 2.08. The van der Waals surface area contributed by atoms with E-state index in [0.29, 0.717) is 5.02 Å². The largest absolute Gasteiger partial charge is 0.348 e. The third kappa shape index (κ3) is 3.93. The maximum absolute atomic E-state index is 12.0. The molecule has 0 radical (unpaired) electrons. The zero-order valence-corrected chi connectivity index (χ0v) is 12.2. The van der Waals surface area contributed by atoms with Crippen molar-refractivity contribution in [3.63, 3.8) is 0 Å². The van der Waals surface area contributed by atoms with E-state index in [1.165, 1.54) is 12.1 Å². The third-order valence-corrected chi connectivity index (χ3v) is 3.30. The molecule has 0 fully saturated rings. The summed E-state index contributed by atoms with van der Waals surface area (Å²) in [6.07, 6.45) is 0. The monoisotopic (exact) mass is 324 g/mol. The van der Waals surface area contributed by atoms with E-state index in [4.69, 9.17) is 23.2 Å². The summed E-state index contributed by atoms with van der Waals surface area (Å²) < 4.78 is 0. The first-order valence-electron chi connectivity index (χ1n) is 5.94. The molecule has 21 heavy (non-hydrogen) atoms. The summed E-state index contributed by atoms with van der Waals surface area (Å²) >= 11 is 11.7. The molecule has 1 N–H and O–H groups in total. The van der Waals surface area contributed by atoms with Crippen molar-refractivity contribution >= 4 is 34.8 Å². The standard InChI is InChI=1S/C14H10Cl2N2O3/c15-10-3-1-2-9(6-10)8-17-14(19)12-5-4-11(18(20)21)7-13(12)16/h1-7H,8H2,(H,17,19). The van der Waals surface area contributed by atoms with Crippen LogP contribution in [0.2, 0.25) is 10.0 Å². The molecule has 0 atom stereocenters. The average molecular weight is 325 g/mol. The topological polar surface area (TPSA) is 72.2 Å². The molecule has 2 rings (SSSR count). The molecule has 5 nitrogen and oxygen atoms in total. The lowest BCUT2D eigenvalue weighted by Crippen LogP contribution is -2.23. The number of nitrogens with one attached hydrogen (secondary N) is 1. The minimum absolute atomic E-state index is 0.0350. The highest BCUT2D eigenvalue weighted by molar-refractivity contribution is 6.34. The van der Waals surface area contributed by atoms with Gasteiger partial charge in [0, 0.05) is 23.7 Å². The second-order valence-corrected chi connectivity index (χ2v) is 5.08. The predicted octanol–water partition coefficient (Wildman–Crippen LogP) is 3.83. The van der Waals surface area contributed by atoms with Gasteiger partial charge in [0.1, 0.15) is 0 Å². The molecule has 1 amide bonds. The van der Waals surface area contributed by atoms with Crippen molar-refractivity contribution in [1.29, 1.82) is 0 Å². The van der Waals surface area contributed by atoms with Gasteiger partial charge in [-0.1, -0.05) is 35.3 Å². The van der Waals surface area contributed by atoms with E-state index >= 15 is 0 Å². The van der Waals surface area contributed by atoms with Gasteiger partial charge in [-0.15, -0.1) is 0 Å². The van der Waals surface area contributed by atoms with Gasteiger partial charge in [0.2, 0.25) is 0 Å². The molecule has 108 valence electrons. The molecule has 0 spiro atoms. The first-order valence-corrected chi connectivity index (χ1v) is 6.69. The summed E-state index contributed by atoms with van der Waals surface area (Å²) in [6, 6.07) is 10.8. The van der Waals surface area contributed by atoms with Crippen LogP contribution < -0.4 is 5.32 Å². The first-order chi connectivity index (χ1) is 9.97. The Bertz CT molecular complexity index is 704. The van der Waals surface area contributed by atoms with Crippen LogP contribution >= 0.6 is 23.2 Å². The Morgan fingerprint density at radius 2 is 1.95 bits per heavy atom. The Kier molecular flexibility index (Phi) is 4.77. The molecule has 2 aromatic carbocycles. The van der Waals surface area contributed by atoms with Crippen molar-refractivity contribution in [2.75, 3.05) is 0 Å². The molecular formula is C14H10Cl2N2O3. The number of nitrogens with zero attached hydrogens (tertiary/aromatic N) is 1. The van der Waals surface area contributed by atoms with Crippen LogP contribution in [0, 0.1) is 10.1 Å². The average Bonchev–Trinajstić information content (AvgIpc) is 2.44. The molecule has 7 heteroatoms. The van der Waals surface area contributed by atoms with Crippen LogP contribution in [-0.2, 0) is 6.54 Å². The number of hydrogen-bond donors (Lipinski definition) is 1. The quantitative estimate of drug-likeness (QED) is 0.686. The van der Waals surface area contributed by atoms with Gasteiger partial charge < -0.3 is 5.32 Å². The fourth-order valence-electron chi connectivity index (χ4n) is 1.73. The number of nitro groups is 1. The molecule has 0 bridgehead atoms. The molecule has 0 aliphatic heterocycles. The number of carbonyl (C=O) groups excluding carboxylic acids is 1. The van der Waals surface area contributed by atoms with Gasteiger partial charge in [0.05, 0.1) is 15.5 Å². The SMILES string of the molecule is O=C(NCc1cccc(Cl)c1)c1ccc([N+](=O)[O-])cc1Cl. The van der Waals surface area contributed by atoms with Crippen LogP contribution in [0.5, 0.6) is 0 Å². The van der Waals surface area contributed by atoms with Crippen LogP contribution in [0.15, 0.2) is 42.5 Å². The molecule has 0 unspecified atom stereocenters. The number of carbonyl (C=O) groups is 1. The summed E-state index contributed by atoms with van der Waals surface area (Å²) in [5, 5.41) is 13.9. The zero-order chi connectivity index (χ0) is 15.4. The molecule has 0 heterocycles. The summed E-state index contributed by atoms with van der Waals surface area (Å²) in [5.74, 6) is -0.408. The number of benzene rings is 2. The normalized spacial score (nSPS) is 10.2. The van der Waals surface area contributed by atoms with Crippen molar-refractivity contribution in [3.8, 4) is 0 Å². The maximum atomic E-state index is 12.0. The maximum Gasteiger partial charge on any atom is 0.270 e. The molecule has 0 aliphatic carbocycles. The van der Waals surface area contributed by atoms with Crippen molar-refractivity contribution in [2.24, 2.45) is 0 Å². The molecule has 2 aromatic rings.